The molecule has 0 heterocycles. The molecule has 0 bridgehead atoms. The number of amides is 3. The van der Waals surface area contributed by atoms with E-state index in [0.717, 1.165) is 0 Å². The quantitative estimate of drug-likeness (QED) is 0.586. The molecule has 3 amide bonds. The zero-order chi connectivity index (χ0) is 16.8. The van der Waals surface area contributed by atoms with Crippen LogP contribution >= 0.6 is 11.6 Å². The van der Waals surface area contributed by atoms with Gasteiger partial charge < -0.3 is 11.1 Å². The van der Waals surface area contributed by atoms with E-state index in [9.17, 15) is 14.4 Å². The maximum atomic E-state index is 11.8. The number of nitrogen functional groups attached to an aromatic ring is 1. The van der Waals surface area contributed by atoms with Crippen molar-refractivity contribution in [3.63, 3.8) is 0 Å². The molecular formula is C16H14ClN3O3. The van der Waals surface area contributed by atoms with E-state index in [4.69, 9.17) is 17.3 Å². The van der Waals surface area contributed by atoms with Crippen molar-refractivity contribution in [3.05, 3.63) is 64.7 Å². The molecule has 0 aliphatic carbocycles. The lowest BCUT2D eigenvalue weighted by Crippen LogP contribution is -2.42. The third kappa shape index (κ3) is 4.55. The first kappa shape index (κ1) is 16.5. The number of anilines is 1. The van der Waals surface area contributed by atoms with Crippen LogP contribution in [0.15, 0.2) is 48.5 Å². The summed E-state index contributed by atoms with van der Waals surface area (Å²) in [5.41, 5.74) is 6.90. The Bertz CT molecular complexity index is 744. The lowest BCUT2D eigenvalue weighted by molar-refractivity contribution is -0.138. The van der Waals surface area contributed by atoms with Crippen LogP contribution in [-0.2, 0) is 16.1 Å². The molecule has 23 heavy (non-hydrogen) atoms. The largest absolute Gasteiger partial charge is 0.399 e. The third-order valence-electron chi connectivity index (χ3n) is 3.00. The van der Waals surface area contributed by atoms with Crippen molar-refractivity contribution in [2.75, 3.05) is 5.73 Å². The number of benzene rings is 2. The maximum absolute atomic E-state index is 11.8. The predicted octanol–water partition coefficient (Wildman–Crippen LogP) is 1.49. The van der Waals surface area contributed by atoms with E-state index in [1.807, 2.05) is 5.32 Å². The van der Waals surface area contributed by atoms with Gasteiger partial charge in [0.2, 0.25) is 0 Å². The van der Waals surface area contributed by atoms with Crippen molar-refractivity contribution in [2.45, 2.75) is 6.54 Å². The number of carbonyl (C=O) groups is 3. The van der Waals surface area contributed by atoms with Gasteiger partial charge in [0.15, 0.2) is 0 Å². The minimum Gasteiger partial charge on any atom is -0.399 e. The van der Waals surface area contributed by atoms with Gasteiger partial charge in [-0.15, -0.1) is 0 Å². The Balaban J connectivity index is 1.90. The van der Waals surface area contributed by atoms with E-state index < -0.39 is 17.7 Å². The van der Waals surface area contributed by atoms with Gasteiger partial charge in [-0.3, -0.25) is 19.7 Å². The summed E-state index contributed by atoms with van der Waals surface area (Å²) in [6, 6.07) is 12.9. The van der Waals surface area contributed by atoms with Gasteiger partial charge >= 0.3 is 11.8 Å². The summed E-state index contributed by atoms with van der Waals surface area (Å²) < 4.78 is 0. The molecule has 0 aliphatic rings. The molecule has 0 saturated heterocycles. The first-order chi connectivity index (χ1) is 11.0. The highest BCUT2D eigenvalue weighted by atomic mass is 35.5. The molecule has 7 heteroatoms. The van der Waals surface area contributed by atoms with Crippen LogP contribution in [0.4, 0.5) is 5.69 Å². The van der Waals surface area contributed by atoms with Gasteiger partial charge in [-0.2, -0.15) is 0 Å². The number of nitrogens with two attached hydrogens (primary N) is 1. The number of imide groups is 1. The van der Waals surface area contributed by atoms with Crippen LogP contribution in [0.5, 0.6) is 0 Å². The lowest BCUT2D eigenvalue weighted by atomic mass is 10.2. The fourth-order valence-corrected chi connectivity index (χ4v) is 1.97. The lowest BCUT2D eigenvalue weighted by Gasteiger charge is -2.07. The second-order valence-corrected chi connectivity index (χ2v) is 5.09. The number of halogens is 1. The summed E-state index contributed by atoms with van der Waals surface area (Å²) in [4.78, 5) is 35.2. The van der Waals surface area contributed by atoms with Crippen LogP contribution in [0.2, 0.25) is 5.02 Å². The maximum Gasteiger partial charge on any atom is 0.316 e. The van der Waals surface area contributed by atoms with Gasteiger partial charge in [0.1, 0.15) is 0 Å². The Kier molecular flexibility index (Phi) is 5.32. The molecule has 2 aromatic carbocycles. The minimum absolute atomic E-state index is 0.0853. The molecule has 0 fully saturated rings. The van der Waals surface area contributed by atoms with E-state index in [0.29, 0.717) is 16.3 Å². The molecule has 0 saturated carbocycles. The van der Waals surface area contributed by atoms with Crippen LogP contribution in [0.25, 0.3) is 0 Å². The van der Waals surface area contributed by atoms with Crippen LogP contribution < -0.4 is 16.4 Å². The fourth-order valence-electron chi connectivity index (χ4n) is 1.76. The second kappa shape index (κ2) is 7.42. The second-order valence-electron chi connectivity index (χ2n) is 4.68. The number of hydrogen-bond acceptors (Lipinski definition) is 4. The van der Waals surface area contributed by atoms with Gasteiger partial charge in [0.25, 0.3) is 5.91 Å². The first-order valence-corrected chi connectivity index (χ1v) is 7.07. The number of rotatable bonds is 3. The smallest absolute Gasteiger partial charge is 0.316 e. The topological polar surface area (TPSA) is 101 Å². The Morgan fingerprint density at radius 3 is 2.26 bits per heavy atom. The molecule has 2 rings (SSSR count). The van der Waals surface area contributed by atoms with Gasteiger partial charge in [0.05, 0.1) is 0 Å². The van der Waals surface area contributed by atoms with Crippen LogP contribution in [-0.4, -0.2) is 17.7 Å². The van der Waals surface area contributed by atoms with E-state index in [1.165, 1.54) is 24.3 Å². The molecule has 6 nitrogen and oxygen atoms in total. The van der Waals surface area contributed by atoms with Gasteiger partial charge in [0, 0.05) is 22.8 Å². The van der Waals surface area contributed by atoms with Crippen LogP contribution in [0, 0.1) is 0 Å². The zero-order valence-corrected chi connectivity index (χ0v) is 12.8. The molecule has 0 aromatic heterocycles. The molecular weight excluding hydrogens is 318 g/mol. The standard InChI is InChI=1S/C16H14ClN3O3/c17-13-4-2-1-3-11(13)9-19-15(22)16(23)20-14(21)10-5-7-12(18)8-6-10/h1-8H,9,18H2,(H,19,22)(H,20,21,23). The molecule has 0 radical (unpaired) electrons. The van der Waals surface area contributed by atoms with Crippen molar-refractivity contribution in [1.82, 2.24) is 10.6 Å². The van der Waals surface area contributed by atoms with E-state index in [-0.39, 0.29) is 12.1 Å². The SMILES string of the molecule is Nc1ccc(C(=O)NC(=O)C(=O)NCc2ccccc2Cl)cc1. The number of hydrogen-bond donors (Lipinski definition) is 3. The third-order valence-corrected chi connectivity index (χ3v) is 3.37. The highest BCUT2D eigenvalue weighted by molar-refractivity contribution is 6.38. The molecule has 0 unspecified atom stereocenters. The summed E-state index contributed by atoms with van der Waals surface area (Å²) >= 11 is 5.95. The molecule has 2 aromatic rings. The summed E-state index contributed by atoms with van der Waals surface area (Å²) in [6.07, 6.45) is 0. The molecule has 4 N–H and O–H groups in total. The normalized spacial score (nSPS) is 9.96. The molecule has 118 valence electrons. The Labute approximate surface area is 137 Å². The van der Waals surface area contributed by atoms with E-state index >= 15 is 0 Å². The average Bonchev–Trinajstić information content (AvgIpc) is 2.54. The molecule has 0 aliphatic heterocycles. The first-order valence-electron chi connectivity index (χ1n) is 6.70. The average molecular weight is 332 g/mol. The highest BCUT2D eigenvalue weighted by Crippen LogP contribution is 2.14. The van der Waals surface area contributed by atoms with Gasteiger partial charge in [-0.05, 0) is 35.9 Å². The van der Waals surface area contributed by atoms with E-state index in [2.05, 4.69) is 5.32 Å². The fraction of sp³-hybridized carbons (Fsp3) is 0.0625. The monoisotopic (exact) mass is 331 g/mol. The Morgan fingerprint density at radius 1 is 0.957 bits per heavy atom. The Morgan fingerprint density at radius 2 is 1.61 bits per heavy atom. The number of carbonyl (C=O) groups excluding carboxylic acids is 3. The van der Waals surface area contributed by atoms with Gasteiger partial charge in [-0.1, -0.05) is 29.8 Å². The highest BCUT2D eigenvalue weighted by Gasteiger charge is 2.17. The van der Waals surface area contributed by atoms with Crippen molar-refractivity contribution in [2.24, 2.45) is 0 Å². The van der Waals surface area contributed by atoms with Crippen LogP contribution in [0.3, 0.4) is 0 Å². The van der Waals surface area contributed by atoms with Crippen molar-refractivity contribution >= 4 is 35.0 Å². The predicted molar refractivity (Wildman–Crippen MR) is 86.6 cm³/mol. The molecule has 0 atom stereocenters. The number of nitrogens with one attached hydrogen (secondary N) is 2. The summed E-state index contributed by atoms with van der Waals surface area (Å²) in [6.45, 7) is 0.0853. The van der Waals surface area contributed by atoms with Crippen LogP contribution in [0.1, 0.15) is 15.9 Å². The van der Waals surface area contributed by atoms with Crippen molar-refractivity contribution in [1.29, 1.82) is 0 Å². The summed E-state index contributed by atoms with van der Waals surface area (Å²) in [5.74, 6) is -2.64. The van der Waals surface area contributed by atoms with E-state index in [1.54, 1.807) is 24.3 Å². The zero-order valence-electron chi connectivity index (χ0n) is 12.0. The van der Waals surface area contributed by atoms with Gasteiger partial charge in [-0.25, -0.2) is 0 Å². The van der Waals surface area contributed by atoms with Crippen molar-refractivity contribution < 1.29 is 14.4 Å². The Hall–Kier alpha value is -2.86. The molecule has 0 spiro atoms. The minimum atomic E-state index is -1.04. The summed E-state index contributed by atoms with van der Waals surface area (Å²) in [5, 5.41) is 4.88. The van der Waals surface area contributed by atoms with Crippen molar-refractivity contribution in [3.8, 4) is 0 Å². The summed E-state index contributed by atoms with van der Waals surface area (Å²) in [7, 11) is 0.